The van der Waals surface area contributed by atoms with Crippen LogP contribution in [0.3, 0.4) is 0 Å². The van der Waals surface area contributed by atoms with Crippen molar-refractivity contribution in [2.45, 2.75) is 25.9 Å². The molecule has 5 heteroatoms. The summed E-state index contributed by atoms with van der Waals surface area (Å²) in [6, 6.07) is 1.00. The summed E-state index contributed by atoms with van der Waals surface area (Å²) in [4.78, 5) is 13.0. The monoisotopic (exact) mass is 240 g/mol. The van der Waals surface area contributed by atoms with Gasteiger partial charge in [0.2, 0.25) is 0 Å². The number of aromatic nitrogens is 2. The molecule has 0 saturated carbocycles. The van der Waals surface area contributed by atoms with E-state index in [0.717, 1.165) is 18.9 Å². The molecule has 0 amide bonds. The van der Waals surface area contributed by atoms with Crippen LogP contribution < -0.4 is 4.90 Å². The predicted molar refractivity (Wildman–Crippen MR) is 65.9 cm³/mol. The fraction of sp³-hybridized carbons (Fsp3) is 0.636. The molecule has 2 unspecified atom stereocenters. The van der Waals surface area contributed by atoms with Gasteiger partial charge in [-0.2, -0.15) is 0 Å². The number of hydrogen-bond donors (Lipinski definition) is 0. The number of rotatable bonds is 1. The van der Waals surface area contributed by atoms with E-state index in [9.17, 15) is 0 Å². The van der Waals surface area contributed by atoms with Crippen LogP contribution in [0.15, 0.2) is 12.4 Å². The average Bonchev–Trinajstić information content (AvgIpc) is 2.26. The number of hydrogen-bond acceptors (Lipinski definition) is 4. The van der Waals surface area contributed by atoms with Crippen molar-refractivity contribution in [3.63, 3.8) is 0 Å². The third-order valence-electron chi connectivity index (χ3n) is 3.30. The molecule has 0 N–H and O–H groups in total. The maximum absolute atomic E-state index is 6.06. The zero-order valence-electron chi connectivity index (χ0n) is 9.89. The molecular formula is C11H17ClN4. The molecule has 0 bridgehead atoms. The zero-order valence-corrected chi connectivity index (χ0v) is 10.6. The lowest BCUT2D eigenvalue weighted by molar-refractivity contribution is 0.169. The number of nitrogens with zero attached hydrogens (tertiary/aromatic N) is 4. The Hall–Kier alpha value is -0.870. The Labute approximate surface area is 101 Å². The normalized spacial score (nSPS) is 27.1. The van der Waals surface area contributed by atoms with Crippen LogP contribution in [0.1, 0.15) is 13.8 Å². The van der Waals surface area contributed by atoms with Gasteiger partial charge in [0.15, 0.2) is 11.0 Å². The highest BCUT2D eigenvalue weighted by molar-refractivity contribution is 6.31. The van der Waals surface area contributed by atoms with Crippen molar-refractivity contribution in [1.82, 2.24) is 14.9 Å². The highest BCUT2D eigenvalue weighted by Crippen LogP contribution is 2.24. The van der Waals surface area contributed by atoms with E-state index in [2.05, 4.69) is 40.7 Å². The predicted octanol–water partition coefficient (Wildman–Crippen LogP) is 1.66. The van der Waals surface area contributed by atoms with Crippen molar-refractivity contribution >= 4 is 17.4 Å². The Morgan fingerprint density at radius 1 is 1.19 bits per heavy atom. The van der Waals surface area contributed by atoms with Crippen LogP contribution in [-0.2, 0) is 0 Å². The third kappa shape index (κ3) is 2.13. The van der Waals surface area contributed by atoms with Gasteiger partial charge in [-0.15, -0.1) is 0 Å². The third-order valence-corrected chi connectivity index (χ3v) is 3.56. The van der Waals surface area contributed by atoms with Gasteiger partial charge in [0.1, 0.15) is 0 Å². The van der Waals surface area contributed by atoms with Crippen LogP contribution in [0.25, 0.3) is 0 Å². The quantitative estimate of drug-likeness (QED) is 0.748. The van der Waals surface area contributed by atoms with Crippen molar-refractivity contribution in [3.05, 3.63) is 17.5 Å². The summed E-state index contributed by atoms with van der Waals surface area (Å²) in [6.07, 6.45) is 3.31. The standard InChI is InChI=1S/C11H17ClN4/c1-8-6-16(7-9(2)15(8)3)11-10(12)13-4-5-14-11/h4-5,8-9H,6-7H2,1-3H3. The largest absolute Gasteiger partial charge is 0.351 e. The molecule has 1 saturated heterocycles. The molecule has 1 fully saturated rings. The molecule has 1 aliphatic heterocycles. The highest BCUT2D eigenvalue weighted by Gasteiger charge is 2.28. The number of piperazine rings is 1. The maximum atomic E-state index is 6.06. The molecular weight excluding hydrogens is 224 g/mol. The van der Waals surface area contributed by atoms with Gasteiger partial charge in [0, 0.05) is 37.6 Å². The van der Waals surface area contributed by atoms with E-state index in [-0.39, 0.29) is 0 Å². The van der Waals surface area contributed by atoms with E-state index in [4.69, 9.17) is 11.6 Å². The van der Waals surface area contributed by atoms with Gasteiger partial charge < -0.3 is 4.90 Å². The highest BCUT2D eigenvalue weighted by atomic mass is 35.5. The minimum absolute atomic E-state index is 0.492. The topological polar surface area (TPSA) is 32.3 Å². The molecule has 1 aromatic heterocycles. The molecule has 16 heavy (non-hydrogen) atoms. The lowest BCUT2D eigenvalue weighted by Gasteiger charge is -2.42. The Morgan fingerprint density at radius 2 is 1.75 bits per heavy atom. The minimum Gasteiger partial charge on any atom is -0.351 e. The Kier molecular flexibility index (Phi) is 3.30. The second-order valence-corrected chi connectivity index (χ2v) is 4.80. The summed E-state index contributed by atoms with van der Waals surface area (Å²) >= 11 is 6.06. The van der Waals surface area contributed by atoms with Gasteiger partial charge in [-0.3, -0.25) is 4.90 Å². The first-order valence-electron chi connectivity index (χ1n) is 5.53. The van der Waals surface area contributed by atoms with E-state index in [1.54, 1.807) is 12.4 Å². The smallest absolute Gasteiger partial charge is 0.171 e. The number of likely N-dealkylation sites (N-methyl/N-ethyl adjacent to an activating group) is 1. The van der Waals surface area contributed by atoms with Crippen molar-refractivity contribution in [2.24, 2.45) is 0 Å². The Bertz CT molecular complexity index is 359. The number of halogens is 1. The van der Waals surface area contributed by atoms with Crippen LogP contribution >= 0.6 is 11.6 Å². The molecule has 1 aliphatic rings. The van der Waals surface area contributed by atoms with E-state index in [1.165, 1.54) is 0 Å². The van der Waals surface area contributed by atoms with Crippen LogP contribution in [0.5, 0.6) is 0 Å². The van der Waals surface area contributed by atoms with E-state index in [0.29, 0.717) is 17.2 Å². The SMILES string of the molecule is CC1CN(c2nccnc2Cl)CC(C)N1C. The zero-order chi connectivity index (χ0) is 11.7. The van der Waals surface area contributed by atoms with E-state index >= 15 is 0 Å². The van der Waals surface area contributed by atoms with Crippen LogP contribution in [-0.4, -0.2) is 47.1 Å². The fourth-order valence-electron chi connectivity index (χ4n) is 2.10. The van der Waals surface area contributed by atoms with Gasteiger partial charge in [-0.05, 0) is 20.9 Å². The van der Waals surface area contributed by atoms with Gasteiger partial charge in [-0.25, -0.2) is 9.97 Å². The van der Waals surface area contributed by atoms with Gasteiger partial charge in [-0.1, -0.05) is 11.6 Å². The lowest BCUT2D eigenvalue weighted by Crippen LogP contribution is -2.55. The molecule has 2 atom stereocenters. The summed E-state index contributed by atoms with van der Waals surface area (Å²) in [5, 5.41) is 0.492. The first kappa shape index (κ1) is 11.6. The molecule has 88 valence electrons. The summed E-state index contributed by atoms with van der Waals surface area (Å²) in [6.45, 7) is 6.32. The van der Waals surface area contributed by atoms with Gasteiger partial charge >= 0.3 is 0 Å². The van der Waals surface area contributed by atoms with Gasteiger partial charge in [0.05, 0.1) is 0 Å². The first-order chi connectivity index (χ1) is 7.59. The van der Waals surface area contributed by atoms with Crippen LogP contribution in [0, 0.1) is 0 Å². The fourth-order valence-corrected chi connectivity index (χ4v) is 2.33. The maximum Gasteiger partial charge on any atom is 0.171 e. The molecule has 0 spiro atoms. The molecule has 0 radical (unpaired) electrons. The molecule has 4 nitrogen and oxygen atoms in total. The molecule has 0 aromatic carbocycles. The molecule has 2 rings (SSSR count). The summed E-state index contributed by atoms with van der Waals surface area (Å²) in [5.74, 6) is 0.802. The van der Waals surface area contributed by atoms with Crippen molar-refractivity contribution in [2.75, 3.05) is 25.0 Å². The van der Waals surface area contributed by atoms with E-state index in [1.807, 2.05) is 0 Å². The van der Waals surface area contributed by atoms with Crippen molar-refractivity contribution < 1.29 is 0 Å². The summed E-state index contributed by atoms with van der Waals surface area (Å²) in [5.41, 5.74) is 0. The molecule has 0 aliphatic carbocycles. The van der Waals surface area contributed by atoms with E-state index < -0.39 is 0 Å². The second-order valence-electron chi connectivity index (χ2n) is 4.44. The van der Waals surface area contributed by atoms with Gasteiger partial charge in [0.25, 0.3) is 0 Å². The summed E-state index contributed by atoms with van der Waals surface area (Å²) < 4.78 is 0. The first-order valence-corrected chi connectivity index (χ1v) is 5.90. The summed E-state index contributed by atoms with van der Waals surface area (Å²) in [7, 11) is 2.16. The van der Waals surface area contributed by atoms with Crippen molar-refractivity contribution in [1.29, 1.82) is 0 Å². The average molecular weight is 241 g/mol. The Morgan fingerprint density at radius 3 is 2.31 bits per heavy atom. The number of anilines is 1. The minimum atomic E-state index is 0.492. The van der Waals surface area contributed by atoms with Crippen molar-refractivity contribution in [3.8, 4) is 0 Å². The lowest BCUT2D eigenvalue weighted by atomic mass is 10.1. The van der Waals surface area contributed by atoms with Crippen LogP contribution in [0.2, 0.25) is 5.15 Å². The Balaban J connectivity index is 2.20. The molecule has 2 heterocycles. The van der Waals surface area contributed by atoms with Crippen LogP contribution in [0.4, 0.5) is 5.82 Å². The molecule has 1 aromatic rings. The second kappa shape index (κ2) is 4.55.